The molecule has 2 N–H and O–H groups in total. The number of carbonyl (C=O) groups excluding carboxylic acids is 1. The predicted molar refractivity (Wildman–Crippen MR) is 57.8 cm³/mol. The Labute approximate surface area is 86.6 Å². The highest BCUT2D eigenvalue weighted by Gasteiger charge is 2.28. The van der Waals surface area contributed by atoms with Crippen LogP contribution in [0, 0.1) is 11.8 Å². The maximum absolute atomic E-state index is 11.9. The van der Waals surface area contributed by atoms with Gasteiger partial charge in [-0.05, 0) is 32.2 Å². The highest BCUT2D eigenvalue weighted by Crippen LogP contribution is 2.28. The summed E-state index contributed by atoms with van der Waals surface area (Å²) in [6.45, 7) is 6.44. The minimum absolute atomic E-state index is 0.319. The van der Waals surface area contributed by atoms with E-state index in [0.29, 0.717) is 24.3 Å². The lowest BCUT2D eigenvalue weighted by atomic mass is 9.84. The monoisotopic (exact) mass is 198 g/mol. The number of nitrogens with two attached hydrogens (primary N) is 1. The molecule has 0 aliphatic heterocycles. The third-order valence-electron chi connectivity index (χ3n) is 3.08. The molecule has 1 aliphatic rings. The Morgan fingerprint density at radius 2 is 2.21 bits per heavy atom. The van der Waals surface area contributed by atoms with Gasteiger partial charge in [-0.1, -0.05) is 13.3 Å². The topological polar surface area (TPSA) is 46.3 Å². The average Bonchev–Trinajstić information content (AvgIpc) is 2.10. The molecule has 1 atom stereocenters. The molecule has 0 spiro atoms. The fourth-order valence-electron chi connectivity index (χ4n) is 1.74. The van der Waals surface area contributed by atoms with E-state index in [0.717, 1.165) is 25.9 Å². The van der Waals surface area contributed by atoms with Crippen LogP contribution < -0.4 is 5.73 Å². The molecule has 0 bridgehead atoms. The van der Waals surface area contributed by atoms with Crippen LogP contribution >= 0.6 is 0 Å². The zero-order valence-electron chi connectivity index (χ0n) is 9.33. The van der Waals surface area contributed by atoms with Crippen LogP contribution in [-0.2, 0) is 4.79 Å². The molecular formula is C11H22N2O. The summed E-state index contributed by atoms with van der Waals surface area (Å²) in [5.41, 5.74) is 5.56. The summed E-state index contributed by atoms with van der Waals surface area (Å²) in [4.78, 5) is 13.9. The molecule has 0 aromatic rings. The van der Waals surface area contributed by atoms with E-state index in [1.165, 1.54) is 6.42 Å². The van der Waals surface area contributed by atoms with Crippen molar-refractivity contribution < 1.29 is 4.79 Å². The lowest BCUT2D eigenvalue weighted by molar-refractivity contribution is -0.138. The van der Waals surface area contributed by atoms with Crippen molar-refractivity contribution in [3.63, 3.8) is 0 Å². The average molecular weight is 198 g/mol. The van der Waals surface area contributed by atoms with Gasteiger partial charge in [-0.15, -0.1) is 0 Å². The van der Waals surface area contributed by atoms with Crippen LogP contribution in [0.15, 0.2) is 0 Å². The minimum atomic E-state index is 0.319. The Bertz CT molecular complexity index is 190. The van der Waals surface area contributed by atoms with Crippen LogP contribution in [0.1, 0.15) is 33.1 Å². The van der Waals surface area contributed by atoms with E-state index >= 15 is 0 Å². The zero-order chi connectivity index (χ0) is 10.6. The number of rotatable bonds is 5. The first kappa shape index (κ1) is 11.5. The zero-order valence-corrected chi connectivity index (χ0v) is 9.33. The summed E-state index contributed by atoms with van der Waals surface area (Å²) in [7, 11) is 0. The summed E-state index contributed by atoms with van der Waals surface area (Å²) >= 11 is 0. The van der Waals surface area contributed by atoms with Crippen molar-refractivity contribution in [2.45, 2.75) is 33.1 Å². The second-order valence-electron chi connectivity index (χ2n) is 4.35. The van der Waals surface area contributed by atoms with Crippen LogP contribution in [0.4, 0.5) is 0 Å². The highest BCUT2D eigenvalue weighted by molar-refractivity contribution is 5.79. The first-order valence-electron chi connectivity index (χ1n) is 5.67. The van der Waals surface area contributed by atoms with Gasteiger partial charge in [0.2, 0.25) is 5.91 Å². The summed E-state index contributed by atoms with van der Waals surface area (Å²) in [6.07, 6.45) is 3.40. The van der Waals surface area contributed by atoms with Crippen molar-refractivity contribution in [1.82, 2.24) is 4.90 Å². The Hall–Kier alpha value is -0.570. The maximum Gasteiger partial charge on any atom is 0.225 e. The normalized spacial score (nSPS) is 18.8. The quantitative estimate of drug-likeness (QED) is 0.722. The van der Waals surface area contributed by atoms with Gasteiger partial charge in [0.15, 0.2) is 0 Å². The molecular weight excluding hydrogens is 176 g/mol. The number of carbonyl (C=O) groups is 1. The molecule has 14 heavy (non-hydrogen) atoms. The van der Waals surface area contributed by atoms with E-state index in [9.17, 15) is 4.79 Å². The van der Waals surface area contributed by atoms with E-state index in [1.807, 2.05) is 11.8 Å². The van der Waals surface area contributed by atoms with Gasteiger partial charge in [0.1, 0.15) is 0 Å². The van der Waals surface area contributed by atoms with E-state index in [-0.39, 0.29) is 0 Å². The van der Waals surface area contributed by atoms with E-state index < -0.39 is 0 Å². The van der Waals surface area contributed by atoms with Gasteiger partial charge in [-0.3, -0.25) is 4.79 Å². The smallest absolute Gasteiger partial charge is 0.225 e. The Kier molecular flexibility index (Phi) is 4.39. The van der Waals surface area contributed by atoms with Crippen LogP contribution in [0.3, 0.4) is 0 Å². The van der Waals surface area contributed by atoms with Crippen molar-refractivity contribution >= 4 is 5.91 Å². The molecule has 3 nitrogen and oxygen atoms in total. The molecule has 1 unspecified atom stereocenters. The molecule has 1 fully saturated rings. The predicted octanol–water partition coefficient (Wildman–Crippen LogP) is 1.23. The van der Waals surface area contributed by atoms with Gasteiger partial charge < -0.3 is 10.6 Å². The summed E-state index contributed by atoms with van der Waals surface area (Å²) < 4.78 is 0. The summed E-state index contributed by atoms with van der Waals surface area (Å²) in [6, 6.07) is 0. The van der Waals surface area contributed by atoms with Gasteiger partial charge in [-0.2, -0.15) is 0 Å². The van der Waals surface area contributed by atoms with E-state index in [4.69, 9.17) is 5.73 Å². The largest absolute Gasteiger partial charge is 0.342 e. The van der Waals surface area contributed by atoms with E-state index in [2.05, 4.69) is 6.92 Å². The van der Waals surface area contributed by atoms with Gasteiger partial charge in [-0.25, -0.2) is 0 Å². The van der Waals surface area contributed by atoms with Crippen LogP contribution in [0.25, 0.3) is 0 Å². The number of hydrogen-bond acceptors (Lipinski definition) is 2. The van der Waals surface area contributed by atoms with Crippen molar-refractivity contribution in [2.75, 3.05) is 19.6 Å². The summed E-state index contributed by atoms with van der Waals surface area (Å²) in [5.74, 6) is 1.08. The number of nitrogens with zero attached hydrogens (tertiary/aromatic N) is 1. The molecule has 0 radical (unpaired) electrons. The van der Waals surface area contributed by atoms with Crippen molar-refractivity contribution in [1.29, 1.82) is 0 Å². The first-order chi connectivity index (χ1) is 6.69. The van der Waals surface area contributed by atoms with Crippen LogP contribution in [0.2, 0.25) is 0 Å². The Balaban J connectivity index is 2.39. The molecule has 82 valence electrons. The SMILES string of the molecule is CCN(CC(C)CN)C(=O)C1CCC1. The van der Waals surface area contributed by atoms with Crippen molar-refractivity contribution in [3.05, 3.63) is 0 Å². The number of amides is 1. The Morgan fingerprint density at radius 1 is 1.57 bits per heavy atom. The molecule has 0 saturated heterocycles. The Morgan fingerprint density at radius 3 is 2.57 bits per heavy atom. The summed E-state index contributed by atoms with van der Waals surface area (Å²) in [5, 5.41) is 0. The second-order valence-corrected chi connectivity index (χ2v) is 4.35. The second kappa shape index (κ2) is 5.35. The van der Waals surface area contributed by atoms with E-state index in [1.54, 1.807) is 0 Å². The molecule has 1 aliphatic carbocycles. The minimum Gasteiger partial charge on any atom is -0.342 e. The molecule has 0 aromatic heterocycles. The molecule has 1 amide bonds. The fourth-order valence-corrected chi connectivity index (χ4v) is 1.74. The molecule has 0 heterocycles. The lowest BCUT2D eigenvalue weighted by Crippen LogP contribution is -2.42. The maximum atomic E-state index is 11.9. The highest BCUT2D eigenvalue weighted by atomic mass is 16.2. The van der Waals surface area contributed by atoms with Gasteiger partial charge in [0.05, 0.1) is 0 Å². The molecule has 3 heteroatoms. The van der Waals surface area contributed by atoms with Gasteiger partial charge in [0, 0.05) is 19.0 Å². The third kappa shape index (κ3) is 2.71. The molecule has 0 aromatic carbocycles. The van der Waals surface area contributed by atoms with Gasteiger partial charge >= 0.3 is 0 Å². The first-order valence-corrected chi connectivity index (χ1v) is 5.67. The lowest BCUT2D eigenvalue weighted by Gasteiger charge is -2.32. The van der Waals surface area contributed by atoms with Crippen LogP contribution in [0.5, 0.6) is 0 Å². The fraction of sp³-hybridized carbons (Fsp3) is 0.909. The molecule has 1 rings (SSSR count). The van der Waals surface area contributed by atoms with Gasteiger partial charge in [0.25, 0.3) is 0 Å². The standard InChI is InChI=1S/C11H22N2O/c1-3-13(8-9(2)7-12)11(14)10-5-4-6-10/h9-10H,3-8,12H2,1-2H3. The molecule has 1 saturated carbocycles. The third-order valence-corrected chi connectivity index (χ3v) is 3.08. The number of hydrogen-bond donors (Lipinski definition) is 1. The van der Waals surface area contributed by atoms with Crippen LogP contribution in [-0.4, -0.2) is 30.4 Å². The van der Waals surface area contributed by atoms with Crippen molar-refractivity contribution in [3.8, 4) is 0 Å². The van der Waals surface area contributed by atoms with Crippen molar-refractivity contribution in [2.24, 2.45) is 17.6 Å².